The third kappa shape index (κ3) is 4.00. The molecule has 3 rings (SSSR count). The van der Waals surface area contributed by atoms with Gasteiger partial charge in [-0.15, -0.1) is 0 Å². The Morgan fingerprint density at radius 2 is 2.04 bits per heavy atom. The van der Waals surface area contributed by atoms with E-state index in [9.17, 15) is 13.2 Å². The van der Waals surface area contributed by atoms with Crippen LogP contribution in [0.4, 0.5) is 5.69 Å². The first-order chi connectivity index (χ1) is 11.9. The van der Waals surface area contributed by atoms with E-state index in [1.165, 1.54) is 11.8 Å². The second kappa shape index (κ2) is 7.37. The molecule has 2 fully saturated rings. The number of fused-ring (bicyclic) bond motifs is 1. The molecule has 0 aromatic heterocycles. The number of ether oxygens (including phenoxy) is 1. The highest BCUT2D eigenvalue weighted by atomic mass is 32.2. The van der Waals surface area contributed by atoms with Gasteiger partial charge in [0.05, 0.1) is 24.7 Å². The van der Waals surface area contributed by atoms with E-state index in [1.807, 2.05) is 36.1 Å². The van der Waals surface area contributed by atoms with Gasteiger partial charge in [-0.2, -0.15) is 4.99 Å². The topological polar surface area (TPSA) is 76.0 Å². The number of methoxy groups -OCH3 is 1. The molecule has 6 nitrogen and oxygen atoms in total. The molecular formula is C17H22N2O4S2. The maximum Gasteiger partial charge on any atom is 0.248 e. The quantitative estimate of drug-likeness (QED) is 0.779. The lowest BCUT2D eigenvalue weighted by molar-refractivity contribution is -0.117. The zero-order valence-corrected chi connectivity index (χ0v) is 16.0. The molecule has 0 aliphatic carbocycles. The number of aliphatic imine (C=N–C) groups is 1. The second-order valence-corrected chi connectivity index (χ2v) is 9.62. The number of amidine groups is 1. The first kappa shape index (κ1) is 18.3. The number of anilines is 1. The van der Waals surface area contributed by atoms with E-state index in [4.69, 9.17) is 4.74 Å². The molecule has 136 valence electrons. The summed E-state index contributed by atoms with van der Waals surface area (Å²) in [5, 5.41) is 0.529. The summed E-state index contributed by atoms with van der Waals surface area (Å²) in [5.74, 6) is 0.810. The summed E-state index contributed by atoms with van der Waals surface area (Å²) < 4.78 is 29.2. The van der Waals surface area contributed by atoms with Crippen molar-refractivity contribution >= 4 is 38.4 Å². The van der Waals surface area contributed by atoms with Gasteiger partial charge in [0.25, 0.3) is 0 Å². The van der Waals surface area contributed by atoms with Gasteiger partial charge in [-0.1, -0.05) is 25.1 Å². The Morgan fingerprint density at radius 1 is 1.32 bits per heavy atom. The summed E-state index contributed by atoms with van der Waals surface area (Å²) in [6.07, 6.45) is 2.17. The average Bonchev–Trinajstić information content (AvgIpc) is 3.04. The Bertz CT molecular complexity index is 774. The van der Waals surface area contributed by atoms with Gasteiger partial charge in [-0.3, -0.25) is 4.79 Å². The fourth-order valence-electron chi connectivity index (χ4n) is 3.10. The van der Waals surface area contributed by atoms with Crippen LogP contribution in [-0.2, 0) is 14.6 Å². The molecule has 25 heavy (non-hydrogen) atoms. The number of carbonyl (C=O) groups excluding carboxylic acids is 1. The van der Waals surface area contributed by atoms with Crippen molar-refractivity contribution in [3.05, 3.63) is 24.3 Å². The number of rotatable bonds is 5. The van der Waals surface area contributed by atoms with Gasteiger partial charge < -0.3 is 9.64 Å². The van der Waals surface area contributed by atoms with E-state index in [0.29, 0.717) is 11.6 Å². The van der Waals surface area contributed by atoms with Crippen LogP contribution in [0.1, 0.15) is 26.2 Å². The lowest BCUT2D eigenvalue weighted by Crippen LogP contribution is -2.37. The number of nitrogens with zero attached hydrogens (tertiary/aromatic N) is 2. The van der Waals surface area contributed by atoms with E-state index in [2.05, 4.69) is 4.99 Å². The third-order valence-corrected chi connectivity index (χ3v) is 7.59. The van der Waals surface area contributed by atoms with Crippen molar-refractivity contribution in [3.8, 4) is 5.75 Å². The molecule has 0 saturated carbocycles. The standard InChI is InChI=1S/C17H22N2O4S2/c1-3-4-5-16(20)18-17-19(12-6-8-13(23-2)9-7-12)14-10-25(21,22)11-15(14)24-17/h6-9,14-15H,3-5,10-11H2,1-2H3/t14-,15+/m0/s1. The molecule has 2 aliphatic heterocycles. The second-order valence-electron chi connectivity index (χ2n) is 6.26. The van der Waals surface area contributed by atoms with Crippen molar-refractivity contribution in [2.24, 2.45) is 4.99 Å². The summed E-state index contributed by atoms with van der Waals surface area (Å²) >= 11 is 1.40. The molecule has 1 aromatic rings. The molecule has 0 bridgehead atoms. The molecule has 2 atom stereocenters. The predicted octanol–water partition coefficient (Wildman–Crippen LogP) is 2.49. The first-order valence-electron chi connectivity index (χ1n) is 8.35. The minimum Gasteiger partial charge on any atom is -0.497 e. The van der Waals surface area contributed by atoms with Crippen molar-refractivity contribution in [2.75, 3.05) is 23.5 Å². The Morgan fingerprint density at radius 3 is 2.68 bits per heavy atom. The fraction of sp³-hybridized carbons (Fsp3) is 0.529. The fourth-order valence-corrected chi connectivity index (χ4v) is 7.03. The van der Waals surface area contributed by atoms with Gasteiger partial charge in [-0.05, 0) is 30.7 Å². The lowest BCUT2D eigenvalue weighted by atomic mass is 10.2. The van der Waals surface area contributed by atoms with Crippen LogP contribution in [0.25, 0.3) is 0 Å². The van der Waals surface area contributed by atoms with Crippen molar-refractivity contribution in [2.45, 2.75) is 37.5 Å². The molecule has 2 saturated heterocycles. The Balaban J connectivity index is 1.91. The molecule has 1 amide bonds. The van der Waals surface area contributed by atoms with Gasteiger partial charge in [0.2, 0.25) is 5.91 Å². The SMILES string of the molecule is CCCCC(=O)N=C1S[C@@H]2CS(=O)(=O)C[C@@H]2N1c1ccc(OC)cc1. The van der Waals surface area contributed by atoms with Crippen LogP contribution in [0, 0.1) is 0 Å². The Hall–Kier alpha value is -1.54. The molecule has 8 heteroatoms. The van der Waals surface area contributed by atoms with Crippen molar-refractivity contribution in [1.82, 2.24) is 0 Å². The number of hydrogen-bond acceptors (Lipinski definition) is 5. The number of unbranched alkanes of at least 4 members (excludes halogenated alkanes) is 1. The summed E-state index contributed by atoms with van der Waals surface area (Å²) in [5.41, 5.74) is 0.833. The van der Waals surface area contributed by atoms with Crippen LogP contribution < -0.4 is 9.64 Å². The number of carbonyl (C=O) groups is 1. The molecule has 0 spiro atoms. The molecule has 0 radical (unpaired) electrons. The summed E-state index contributed by atoms with van der Waals surface area (Å²) in [6, 6.07) is 7.22. The van der Waals surface area contributed by atoms with E-state index >= 15 is 0 Å². The summed E-state index contributed by atoms with van der Waals surface area (Å²) in [4.78, 5) is 18.3. The van der Waals surface area contributed by atoms with Crippen LogP contribution in [0.5, 0.6) is 5.75 Å². The largest absolute Gasteiger partial charge is 0.497 e. The highest BCUT2D eigenvalue weighted by Gasteiger charge is 2.49. The minimum absolute atomic E-state index is 0.0789. The maximum absolute atomic E-state index is 12.1. The summed E-state index contributed by atoms with van der Waals surface area (Å²) in [7, 11) is -1.46. The van der Waals surface area contributed by atoms with Crippen molar-refractivity contribution in [1.29, 1.82) is 0 Å². The maximum atomic E-state index is 12.1. The van der Waals surface area contributed by atoms with Gasteiger partial charge in [-0.25, -0.2) is 8.42 Å². The zero-order valence-electron chi connectivity index (χ0n) is 14.3. The molecule has 0 N–H and O–H groups in total. The van der Waals surface area contributed by atoms with E-state index in [1.54, 1.807) is 7.11 Å². The van der Waals surface area contributed by atoms with Gasteiger partial charge >= 0.3 is 0 Å². The van der Waals surface area contributed by atoms with Crippen molar-refractivity contribution < 1.29 is 17.9 Å². The number of amides is 1. The third-order valence-electron chi connectivity index (χ3n) is 4.38. The molecule has 2 aliphatic rings. The number of sulfone groups is 1. The van der Waals surface area contributed by atoms with Crippen LogP contribution in [0.3, 0.4) is 0 Å². The minimum atomic E-state index is -3.05. The van der Waals surface area contributed by atoms with E-state index < -0.39 is 9.84 Å². The normalized spacial score (nSPS) is 26.0. The average molecular weight is 383 g/mol. The Labute approximate surface area is 152 Å². The molecule has 0 unspecified atom stereocenters. The summed E-state index contributed by atoms with van der Waals surface area (Å²) in [6.45, 7) is 2.03. The van der Waals surface area contributed by atoms with Crippen LogP contribution in [0.2, 0.25) is 0 Å². The van der Waals surface area contributed by atoms with Crippen LogP contribution in [-0.4, -0.2) is 49.4 Å². The van der Waals surface area contributed by atoms with Crippen LogP contribution >= 0.6 is 11.8 Å². The van der Waals surface area contributed by atoms with Crippen LogP contribution in [0.15, 0.2) is 29.3 Å². The zero-order chi connectivity index (χ0) is 18.0. The number of thioether (sulfide) groups is 1. The van der Waals surface area contributed by atoms with Gasteiger partial charge in [0.1, 0.15) is 5.75 Å². The highest BCUT2D eigenvalue weighted by Crippen LogP contribution is 2.41. The lowest BCUT2D eigenvalue weighted by Gasteiger charge is -2.24. The smallest absolute Gasteiger partial charge is 0.248 e. The number of hydrogen-bond donors (Lipinski definition) is 0. The van der Waals surface area contributed by atoms with E-state index in [0.717, 1.165) is 24.3 Å². The highest BCUT2D eigenvalue weighted by molar-refractivity contribution is 8.16. The predicted molar refractivity (Wildman–Crippen MR) is 101 cm³/mol. The molecular weight excluding hydrogens is 360 g/mol. The van der Waals surface area contributed by atoms with Gasteiger partial charge in [0, 0.05) is 17.4 Å². The Kier molecular flexibility index (Phi) is 5.38. The first-order valence-corrected chi connectivity index (χ1v) is 11.1. The molecule has 1 aromatic carbocycles. The van der Waals surface area contributed by atoms with E-state index in [-0.39, 0.29) is 28.7 Å². The number of benzene rings is 1. The van der Waals surface area contributed by atoms with Gasteiger partial charge in [0.15, 0.2) is 15.0 Å². The monoisotopic (exact) mass is 382 g/mol. The molecule has 2 heterocycles. The van der Waals surface area contributed by atoms with Crippen molar-refractivity contribution in [3.63, 3.8) is 0 Å².